The predicted molar refractivity (Wildman–Crippen MR) is 69.7 cm³/mol. The second-order valence-corrected chi connectivity index (χ2v) is 4.16. The molecule has 98 valence electrons. The van der Waals surface area contributed by atoms with Crippen LogP contribution in [0.2, 0.25) is 0 Å². The third-order valence-corrected chi connectivity index (χ3v) is 2.61. The van der Waals surface area contributed by atoms with Gasteiger partial charge in [0.05, 0.1) is 17.9 Å². The van der Waals surface area contributed by atoms with E-state index in [4.69, 9.17) is 5.11 Å². The summed E-state index contributed by atoms with van der Waals surface area (Å²) in [6.07, 6.45) is 0. The number of nitrogens with zero attached hydrogens (tertiary/aromatic N) is 1. The molecule has 1 aromatic carbocycles. The Kier molecular flexibility index (Phi) is 3.75. The highest BCUT2D eigenvalue weighted by Gasteiger charge is 2.06. The topological polar surface area (TPSA) is 62.2 Å². The molecule has 0 radical (unpaired) electrons. The van der Waals surface area contributed by atoms with Crippen LogP contribution in [0.15, 0.2) is 36.4 Å². The standard InChI is InChI=1S/C14H13FN2O2/c1-9-5-6-11(15)13(7-9)16-8-10-3-2-4-12(17-10)14(18)19/h2-7,16H,8H2,1H3,(H,18,19). The van der Waals surface area contributed by atoms with Gasteiger partial charge in [0.2, 0.25) is 0 Å². The molecule has 0 spiro atoms. The van der Waals surface area contributed by atoms with Crippen molar-refractivity contribution in [3.05, 3.63) is 59.2 Å². The molecule has 2 N–H and O–H groups in total. The van der Waals surface area contributed by atoms with Crippen molar-refractivity contribution >= 4 is 11.7 Å². The zero-order chi connectivity index (χ0) is 13.8. The van der Waals surface area contributed by atoms with E-state index >= 15 is 0 Å². The van der Waals surface area contributed by atoms with Crippen molar-refractivity contribution in [3.8, 4) is 0 Å². The molecular formula is C14H13FN2O2. The molecular weight excluding hydrogens is 247 g/mol. The van der Waals surface area contributed by atoms with Gasteiger partial charge >= 0.3 is 5.97 Å². The Bertz CT molecular complexity index is 614. The van der Waals surface area contributed by atoms with Gasteiger partial charge in [0.25, 0.3) is 0 Å². The molecule has 1 heterocycles. The smallest absolute Gasteiger partial charge is 0.354 e. The summed E-state index contributed by atoms with van der Waals surface area (Å²) in [5.41, 5.74) is 1.84. The number of carboxylic acid groups (broad SMARTS) is 1. The highest BCUT2D eigenvalue weighted by molar-refractivity contribution is 5.85. The fourth-order valence-electron chi connectivity index (χ4n) is 1.66. The second-order valence-electron chi connectivity index (χ2n) is 4.16. The molecule has 0 atom stereocenters. The lowest BCUT2D eigenvalue weighted by Crippen LogP contribution is -2.07. The molecule has 0 unspecified atom stereocenters. The zero-order valence-electron chi connectivity index (χ0n) is 10.4. The van der Waals surface area contributed by atoms with Crippen molar-refractivity contribution in [1.29, 1.82) is 0 Å². The molecule has 0 saturated carbocycles. The van der Waals surface area contributed by atoms with E-state index in [1.165, 1.54) is 12.1 Å². The van der Waals surface area contributed by atoms with Crippen molar-refractivity contribution < 1.29 is 14.3 Å². The molecule has 1 aromatic heterocycles. The number of aromatic nitrogens is 1. The highest BCUT2D eigenvalue weighted by Crippen LogP contribution is 2.16. The van der Waals surface area contributed by atoms with Gasteiger partial charge in [-0.3, -0.25) is 0 Å². The molecule has 0 bridgehead atoms. The summed E-state index contributed by atoms with van der Waals surface area (Å²) >= 11 is 0. The number of aryl methyl sites for hydroxylation is 1. The van der Waals surface area contributed by atoms with Crippen LogP contribution in [0.3, 0.4) is 0 Å². The van der Waals surface area contributed by atoms with Gasteiger partial charge in [-0.15, -0.1) is 0 Å². The SMILES string of the molecule is Cc1ccc(F)c(NCc2cccc(C(=O)O)n2)c1. The first-order valence-corrected chi connectivity index (χ1v) is 5.75. The minimum Gasteiger partial charge on any atom is -0.477 e. The third-order valence-electron chi connectivity index (χ3n) is 2.61. The van der Waals surface area contributed by atoms with Gasteiger partial charge in [0, 0.05) is 0 Å². The van der Waals surface area contributed by atoms with Crippen molar-refractivity contribution in [3.63, 3.8) is 0 Å². The Hall–Kier alpha value is -2.43. The lowest BCUT2D eigenvalue weighted by Gasteiger charge is -2.08. The quantitative estimate of drug-likeness (QED) is 0.887. The Balaban J connectivity index is 2.12. The number of anilines is 1. The van der Waals surface area contributed by atoms with Crippen LogP contribution < -0.4 is 5.32 Å². The van der Waals surface area contributed by atoms with E-state index in [0.29, 0.717) is 11.4 Å². The van der Waals surface area contributed by atoms with Crippen molar-refractivity contribution in [1.82, 2.24) is 4.98 Å². The minimum atomic E-state index is -1.08. The van der Waals surface area contributed by atoms with Gasteiger partial charge < -0.3 is 10.4 Å². The largest absolute Gasteiger partial charge is 0.477 e. The van der Waals surface area contributed by atoms with Gasteiger partial charge in [-0.25, -0.2) is 14.2 Å². The van der Waals surface area contributed by atoms with Crippen LogP contribution in [0.5, 0.6) is 0 Å². The number of pyridine rings is 1. The molecule has 0 aliphatic rings. The molecule has 0 amide bonds. The predicted octanol–water partition coefficient (Wildman–Crippen LogP) is 2.84. The fraction of sp³-hybridized carbons (Fsp3) is 0.143. The lowest BCUT2D eigenvalue weighted by molar-refractivity contribution is 0.0690. The number of hydrogen-bond acceptors (Lipinski definition) is 3. The number of carboxylic acids is 1. The molecule has 4 nitrogen and oxygen atoms in total. The molecule has 0 saturated heterocycles. The summed E-state index contributed by atoms with van der Waals surface area (Å²) in [5.74, 6) is -1.43. The summed E-state index contributed by atoms with van der Waals surface area (Å²) in [5, 5.41) is 11.7. The molecule has 2 rings (SSSR count). The number of aromatic carboxylic acids is 1. The number of benzene rings is 1. The van der Waals surface area contributed by atoms with Gasteiger partial charge in [-0.05, 0) is 36.8 Å². The van der Waals surface area contributed by atoms with Gasteiger partial charge in [0.15, 0.2) is 0 Å². The number of rotatable bonds is 4. The molecule has 5 heteroatoms. The Morgan fingerprint density at radius 2 is 2.16 bits per heavy atom. The van der Waals surface area contributed by atoms with E-state index < -0.39 is 5.97 Å². The van der Waals surface area contributed by atoms with Gasteiger partial charge in [-0.2, -0.15) is 0 Å². The average molecular weight is 260 g/mol. The van der Waals surface area contributed by atoms with Crippen LogP contribution in [-0.2, 0) is 6.54 Å². The number of hydrogen-bond donors (Lipinski definition) is 2. The number of carbonyl (C=O) groups is 1. The summed E-state index contributed by atoms with van der Waals surface area (Å²) in [7, 11) is 0. The first kappa shape index (κ1) is 13.0. The lowest BCUT2D eigenvalue weighted by atomic mass is 10.2. The fourth-order valence-corrected chi connectivity index (χ4v) is 1.66. The van der Waals surface area contributed by atoms with E-state index in [9.17, 15) is 9.18 Å². The van der Waals surface area contributed by atoms with E-state index in [2.05, 4.69) is 10.3 Å². The van der Waals surface area contributed by atoms with Gasteiger partial charge in [0.1, 0.15) is 11.5 Å². The molecule has 2 aromatic rings. The van der Waals surface area contributed by atoms with Crippen LogP contribution in [0.1, 0.15) is 21.7 Å². The van der Waals surface area contributed by atoms with E-state index in [1.807, 2.05) is 6.92 Å². The maximum atomic E-state index is 13.5. The molecule has 0 aliphatic heterocycles. The summed E-state index contributed by atoms with van der Waals surface area (Å²) in [6, 6.07) is 9.48. The monoisotopic (exact) mass is 260 g/mol. The summed E-state index contributed by atoms with van der Waals surface area (Å²) in [4.78, 5) is 14.7. The van der Waals surface area contributed by atoms with E-state index in [0.717, 1.165) is 5.56 Å². The van der Waals surface area contributed by atoms with Crippen LogP contribution in [0.25, 0.3) is 0 Å². The minimum absolute atomic E-state index is 0.0241. The number of nitrogens with one attached hydrogen (secondary N) is 1. The number of halogens is 1. The molecule has 19 heavy (non-hydrogen) atoms. The first-order valence-electron chi connectivity index (χ1n) is 5.75. The summed E-state index contributed by atoms with van der Waals surface area (Å²) < 4.78 is 13.5. The van der Waals surface area contributed by atoms with Crippen molar-refractivity contribution in [2.24, 2.45) is 0 Å². The first-order chi connectivity index (χ1) is 9.06. The maximum Gasteiger partial charge on any atom is 0.354 e. The van der Waals surface area contributed by atoms with Crippen LogP contribution in [0, 0.1) is 12.7 Å². The van der Waals surface area contributed by atoms with E-state index in [1.54, 1.807) is 24.3 Å². The molecule has 0 fully saturated rings. The van der Waals surface area contributed by atoms with E-state index in [-0.39, 0.29) is 18.1 Å². The van der Waals surface area contributed by atoms with Gasteiger partial charge in [-0.1, -0.05) is 12.1 Å². The molecule has 0 aliphatic carbocycles. The average Bonchev–Trinajstić information content (AvgIpc) is 2.40. The Morgan fingerprint density at radius 1 is 1.37 bits per heavy atom. The normalized spacial score (nSPS) is 10.2. The third kappa shape index (κ3) is 3.28. The highest BCUT2D eigenvalue weighted by atomic mass is 19.1. The van der Waals surface area contributed by atoms with Crippen molar-refractivity contribution in [2.45, 2.75) is 13.5 Å². The van der Waals surface area contributed by atoms with Crippen LogP contribution >= 0.6 is 0 Å². The Morgan fingerprint density at radius 3 is 2.89 bits per heavy atom. The Labute approximate surface area is 109 Å². The van der Waals surface area contributed by atoms with Crippen LogP contribution in [-0.4, -0.2) is 16.1 Å². The van der Waals surface area contributed by atoms with Crippen molar-refractivity contribution in [2.75, 3.05) is 5.32 Å². The summed E-state index contributed by atoms with van der Waals surface area (Å²) in [6.45, 7) is 2.13. The zero-order valence-corrected chi connectivity index (χ0v) is 10.4. The maximum absolute atomic E-state index is 13.5. The second kappa shape index (κ2) is 5.48. The van der Waals surface area contributed by atoms with Crippen LogP contribution in [0.4, 0.5) is 10.1 Å².